The van der Waals surface area contributed by atoms with E-state index in [2.05, 4.69) is 37.0 Å². The molecule has 2 aromatic carbocycles. The van der Waals surface area contributed by atoms with Crippen LogP contribution in [0.5, 0.6) is 5.75 Å². The van der Waals surface area contributed by atoms with Gasteiger partial charge in [-0.3, -0.25) is 4.79 Å². The second kappa shape index (κ2) is 8.27. The van der Waals surface area contributed by atoms with Crippen LogP contribution in [0.4, 0.5) is 0 Å². The highest BCUT2D eigenvalue weighted by Crippen LogP contribution is 2.52. The molecule has 3 aliphatic rings. The number of nitrogens with zero attached hydrogens (tertiary/aromatic N) is 3. The van der Waals surface area contributed by atoms with Gasteiger partial charge in [0.25, 0.3) is 5.91 Å². The van der Waals surface area contributed by atoms with Crippen LogP contribution < -0.4 is 4.74 Å². The first-order valence-electron chi connectivity index (χ1n) is 12.3. The summed E-state index contributed by atoms with van der Waals surface area (Å²) in [6, 6.07) is 16.2. The molecule has 3 aromatic rings. The summed E-state index contributed by atoms with van der Waals surface area (Å²) >= 11 is 0. The monoisotopic (exact) mass is 457 g/mol. The Kier molecular flexibility index (Phi) is 5.21. The van der Waals surface area contributed by atoms with Crippen LogP contribution in [0.1, 0.15) is 54.3 Å². The fraction of sp³-hybridized carbons (Fsp3) is 0.429. The molecule has 3 aliphatic heterocycles. The molecule has 0 unspecified atom stereocenters. The van der Waals surface area contributed by atoms with Gasteiger partial charge in [0, 0.05) is 55.0 Å². The number of amides is 1. The Hall–Kier alpha value is -3.12. The summed E-state index contributed by atoms with van der Waals surface area (Å²) in [4.78, 5) is 19.6. The van der Waals surface area contributed by atoms with Crippen LogP contribution in [0.25, 0.3) is 0 Å². The molecule has 0 aliphatic carbocycles. The van der Waals surface area contributed by atoms with E-state index in [0.717, 1.165) is 42.8 Å². The number of fused-ring (bicyclic) bond motifs is 4. The van der Waals surface area contributed by atoms with Crippen LogP contribution in [-0.4, -0.2) is 45.2 Å². The van der Waals surface area contributed by atoms with E-state index in [0.29, 0.717) is 12.5 Å². The van der Waals surface area contributed by atoms with Crippen LogP contribution in [0.2, 0.25) is 0 Å². The Morgan fingerprint density at radius 2 is 2.06 bits per heavy atom. The topological polar surface area (TPSA) is 56.6 Å². The summed E-state index contributed by atoms with van der Waals surface area (Å²) in [6.07, 6.45) is 7.62. The summed E-state index contributed by atoms with van der Waals surface area (Å²) in [7, 11) is 0. The minimum absolute atomic E-state index is 0.0586. The molecular weight excluding hydrogens is 426 g/mol. The molecule has 2 saturated heterocycles. The molecule has 0 radical (unpaired) electrons. The lowest BCUT2D eigenvalue weighted by Crippen LogP contribution is -2.56. The van der Waals surface area contributed by atoms with Gasteiger partial charge in [-0.2, -0.15) is 0 Å². The van der Waals surface area contributed by atoms with Crippen molar-refractivity contribution in [1.29, 1.82) is 0 Å². The van der Waals surface area contributed by atoms with Crippen molar-refractivity contribution in [3.63, 3.8) is 0 Å². The fourth-order valence-electron chi connectivity index (χ4n) is 6.02. The second-order valence-electron chi connectivity index (χ2n) is 10.4. The Balaban J connectivity index is 1.18. The average Bonchev–Trinajstić information content (AvgIpc) is 3.35. The number of likely N-dealkylation sites (tertiary alicyclic amines) is 1. The molecule has 0 bridgehead atoms. The minimum atomic E-state index is -0.308. The Morgan fingerprint density at radius 1 is 1.18 bits per heavy atom. The summed E-state index contributed by atoms with van der Waals surface area (Å²) in [6.45, 7) is 6.50. The quantitative estimate of drug-likeness (QED) is 0.572. The van der Waals surface area contributed by atoms with Gasteiger partial charge >= 0.3 is 0 Å². The molecule has 0 saturated carbocycles. The number of hydrogen-bond acceptors (Lipinski definition) is 4. The van der Waals surface area contributed by atoms with Crippen molar-refractivity contribution < 1.29 is 14.3 Å². The number of benzene rings is 2. The fourth-order valence-corrected chi connectivity index (χ4v) is 6.02. The number of imidazole rings is 1. The smallest absolute Gasteiger partial charge is 0.253 e. The van der Waals surface area contributed by atoms with Gasteiger partial charge in [0.1, 0.15) is 11.4 Å². The van der Waals surface area contributed by atoms with Crippen molar-refractivity contribution in [2.75, 3.05) is 13.1 Å². The van der Waals surface area contributed by atoms with Crippen LogP contribution >= 0.6 is 0 Å². The van der Waals surface area contributed by atoms with E-state index < -0.39 is 0 Å². The van der Waals surface area contributed by atoms with Crippen molar-refractivity contribution in [3.05, 3.63) is 83.9 Å². The van der Waals surface area contributed by atoms with Gasteiger partial charge in [0.15, 0.2) is 0 Å². The Morgan fingerprint density at radius 3 is 2.91 bits per heavy atom. The van der Waals surface area contributed by atoms with Gasteiger partial charge in [0.05, 0.1) is 18.5 Å². The summed E-state index contributed by atoms with van der Waals surface area (Å²) in [5.41, 5.74) is 2.71. The zero-order chi connectivity index (χ0) is 23.3. The molecule has 2 fully saturated rings. The van der Waals surface area contributed by atoms with E-state index in [1.807, 2.05) is 46.0 Å². The van der Waals surface area contributed by atoms with Crippen LogP contribution in [-0.2, 0) is 11.3 Å². The third-order valence-electron chi connectivity index (χ3n) is 7.78. The van der Waals surface area contributed by atoms with Crippen molar-refractivity contribution in [1.82, 2.24) is 14.5 Å². The van der Waals surface area contributed by atoms with E-state index in [1.54, 1.807) is 12.5 Å². The first-order valence-corrected chi connectivity index (χ1v) is 12.3. The van der Waals surface area contributed by atoms with Crippen LogP contribution in [0.15, 0.2) is 67.3 Å². The molecule has 6 heteroatoms. The molecule has 6 rings (SSSR count). The maximum Gasteiger partial charge on any atom is 0.253 e. The Bertz CT molecular complexity index is 1190. The third kappa shape index (κ3) is 3.80. The standard InChI is InChI=1S/C28H31N3O3/c1-28(2)23-15-21-17-31(12-10-24(21)33-26(23)22-8-3-4-9-25(22)34-28)27(32)20-7-5-6-19(14-20)16-30-13-11-29-18-30/h3-9,11,13-14,18,21,23-24,26H,10,12,15-17H2,1-2H3/t21-,23-,24-,26+/m0/s1. The number of rotatable bonds is 3. The van der Waals surface area contributed by atoms with Gasteiger partial charge in [-0.1, -0.05) is 30.3 Å². The maximum absolute atomic E-state index is 13.4. The lowest BCUT2D eigenvalue weighted by atomic mass is 9.70. The highest BCUT2D eigenvalue weighted by atomic mass is 16.5. The SMILES string of the molecule is CC1(C)Oc2ccccc2[C@H]2O[C@H]3CCN(C(=O)c4cccc(Cn5ccnc5)c4)C[C@@H]3C[C@@H]21. The molecule has 4 atom stereocenters. The molecule has 176 valence electrons. The van der Waals surface area contributed by atoms with E-state index in [-0.39, 0.29) is 29.6 Å². The summed E-state index contributed by atoms with van der Waals surface area (Å²) in [5.74, 6) is 1.63. The van der Waals surface area contributed by atoms with E-state index in [9.17, 15) is 4.79 Å². The highest BCUT2D eigenvalue weighted by Gasteiger charge is 2.51. The largest absolute Gasteiger partial charge is 0.487 e. The first-order chi connectivity index (χ1) is 16.5. The molecule has 1 amide bonds. The predicted molar refractivity (Wildman–Crippen MR) is 129 cm³/mol. The Labute approximate surface area is 200 Å². The molecule has 6 nitrogen and oxygen atoms in total. The van der Waals surface area contributed by atoms with Gasteiger partial charge in [0.2, 0.25) is 0 Å². The van der Waals surface area contributed by atoms with Crippen molar-refractivity contribution in [2.24, 2.45) is 11.8 Å². The predicted octanol–water partition coefficient (Wildman–Crippen LogP) is 4.71. The van der Waals surface area contributed by atoms with Gasteiger partial charge in [-0.15, -0.1) is 0 Å². The summed E-state index contributed by atoms with van der Waals surface area (Å²) in [5, 5.41) is 0. The van der Waals surface area contributed by atoms with Gasteiger partial charge < -0.3 is 18.9 Å². The third-order valence-corrected chi connectivity index (χ3v) is 7.78. The molecule has 1 aromatic heterocycles. The van der Waals surface area contributed by atoms with Gasteiger partial charge in [-0.05, 0) is 50.5 Å². The van der Waals surface area contributed by atoms with E-state index in [1.165, 1.54) is 5.56 Å². The van der Waals surface area contributed by atoms with E-state index >= 15 is 0 Å². The zero-order valence-corrected chi connectivity index (χ0v) is 19.8. The van der Waals surface area contributed by atoms with Crippen LogP contribution in [0, 0.1) is 11.8 Å². The molecule has 0 N–H and O–H groups in total. The number of hydrogen-bond donors (Lipinski definition) is 0. The zero-order valence-electron chi connectivity index (χ0n) is 19.8. The number of piperidine rings is 1. The number of para-hydroxylation sites is 1. The van der Waals surface area contributed by atoms with Crippen molar-refractivity contribution >= 4 is 5.91 Å². The van der Waals surface area contributed by atoms with Crippen LogP contribution in [0.3, 0.4) is 0 Å². The minimum Gasteiger partial charge on any atom is -0.487 e. The summed E-state index contributed by atoms with van der Waals surface area (Å²) < 4.78 is 15.2. The second-order valence-corrected chi connectivity index (χ2v) is 10.4. The number of carbonyl (C=O) groups excluding carboxylic acids is 1. The number of aromatic nitrogens is 2. The average molecular weight is 458 g/mol. The normalized spacial score (nSPS) is 27.2. The highest BCUT2D eigenvalue weighted by molar-refractivity contribution is 5.94. The van der Waals surface area contributed by atoms with E-state index in [4.69, 9.17) is 9.47 Å². The number of carbonyl (C=O) groups is 1. The van der Waals surface area contributed by atoms with Gasteiger partial charge in [-0.25, -0.2) is 4.98 Å². The van der Waals surface area contributed by atoms with Crippen molar-refractivity contribution in [3.8, 4) is 5.75 Å². The number of ether oxygens (including phenoxy) is 2. The molecule has 34 heavy (non-hydrogen) atoms. The molecular formula is C28H31N3O3. The molecule has 4 heterocycles. The maximum atomic E-state index is 13.4. The lowest BCUT2D eigenvalue weighted by molar-refractivity contribution is -0.184. The van der Waals surface area contributed by atoms with Crippen molar-refractivity contribution in [2.45, 2.75) is 51.0 Å². The lowest BCUT2D eigenvalue weighted by Gasteiger charge is -2.53. The first kappa shape index (κ1) is 21.4. The molecule has 0 spiro atoms.